The Morgan fingerprint density at radius 2 is 2.15 bits per heavy atom. The van der Waals surface area contributed by atoms with Crippen LogP contribution in [0.3, 0.4) is 0 Å². The van der Waals surface area contributed by atoms with Crippen LogP contribution in [0.5, 0.6) is 0 Å². The number of nitrogens with zero attached hydrogens (tertiary/aromatic N) is 2. The molecule has 0 spiro atoms. The maximum atomic E-state index is 11.3. The smallest absolute Gasteiger partial charge is 0.305 e. The van der Waals surface area contributed by atoms with Crippen LogP contribution in [0.15, 0.2) is 42.7 Å². The summed E-state index contributed by atoms with van der Waals surface area (Å²) in [5, 5.41) is 4.05. The predicted molar refractivity (Wildman–Crippen MR) is 78.0 cm³/mol. The Labute approximate surface area is 123 Å². The Kier molecular flexibility index (Phi) is 5.18. The van der Waals surface area contributed by atoms with Crippen molar-refractivity contribution in [2.45, 2.75) is 25.1 Å². The maximum absolute atomic E-state index is 11.3. The lowest BCUT2D eigenvalue weighted by molar-refractivity contribution is -0.143. The van der Waals surface area contributed by atoms with Gasteiger partial charge in [-0.1, -0.05) is 18.2 Å². The molecule has 20 heavy (non-hydrogen) atoms. The molecule has 0 saturated carbocycles. The van der Waals surface area contributed by atoms with Crippen molar-refractivity contribution in [1.82, 2.24) is 9.78 Å². The first-order valence-electron chi connectivity index (χ1n) is 6.60. The first-order chi connectivity index (χ1) is 9.70. The molecule has 0 aliphatic heterocycles. The number of para-hydroxylation sites is 1. The molecule has 0 amide bonds. The highest BCUT2D eigenvalue weighted by molar-refractivity contribution is 6.20. The lowest BCUT2D eigenvalue weighted by Gasteiger charge is -2.06. The Morgan fingerprint density at radius 3 is 2.85 bits per heavy atom. The van der Waals surface area contributed by atoms with E-state index >= 15 is 0 Å². The van der Waals surface area contributed by atoms with Gasteiger partial charge in [-0.25, -0.2) is 4.68 Å². The van der Waals surface area contributed by atoms with Gasteiger partial charge in [0.1, 0.15) is 0 Å². The summed E-state index contributed by atoms with van der Waals surface area (Å²) in [6.07, 6.45) is 4.48. The molecule has 1 heterocycles. The molecule has 0 saturated heterocycles. The monoisotopic (exact) mass is 292 g/mol. The lowest BCUT2D eigenvalue weighted by Crippen LogP contribution is -2.04. The molecule has 0 N–H and O–H groups in total. The number of rotatable bonds is 6. The zero-order chi connectivity index (χ0) is 14.4. The van der Waals surface area contributed by atoms with Gasteiger partial charge in [-0.05, 0) is 25.5 Å². The second kappa shape index (κ2) is 7.10. The number of hydrogen-bond donors (Lipinski definition) is 0. The molecule has 1 aromatic carbocycles. The molecule has 0 bridgehead atoms. The fraction of sp³-hybridized carbons (Fsp3) is 0.333. The van der Waals surface area contributed by atoms with E-state index in [1.807, 2.05) is 36.5 Å². The van der Waals surface area contributed by atoms with E-state index in [1.54, 1.807) is 17.8 Å². The van der Waals surface area contributed by atoms with E-state index in [4.69, 9.17) is 16.3 Å². The van der Waals surface area contributed by atoms with Crippen LogP contribution >= 0.6 is 11.6 Å². The van der Waals surface area contributed by atoms with Crippen molar-refractivity contribution in [3.63, 3.8) is 0 Å². The van der Waals surface area contributed by atoms with Crippen LogP contribution in [0, 0.1) is 0 Å². The molecule has 5 heteroatoms. The van der Waals surface area contributed by atoms with Crippen LogP contribution in [0.4, 0.5) is 0 Å². The first kappa shape index (κ1) is 14.6. The number of alkyl halides is 1. The van der Waals surface area contributed by atoms with Crippen molar-refractivity contribution >= 4 is 17.6 Å². The van der Waals surface area contributed by atoms with E-state index in [9.17, 15) is 4.79 Å². The standard InChI is InChI=1S/C15H17ClN2O2/c1-2-20-15(19)9-8-14(16)12-10-17-18(11-12)13-6-4-3-5-7-13/h3-7,10-11,14H,2,8-9H2,1H3. The van der Waals surface area contributed by atoms with Gasteiger partial charge in [0.05, 0.1) is 23.9 Å². The number of aromatic nitrogens is 2. The van der Waals surface area contributed by atoms with Crippen molar-refractivity contribution in [2.75, 3.05) is 6.61 Å². The Bertz CT molecular complexity index is 554. The number of benzene rings is 1. The molecule has 1 atom stereocenters. The predicted octanol–water partition coefficient (Wildman–Crippen LogP) is 3.50. The second-order valence-electron chi connectivity index (χ2n) is 4.37. The van der Waals surface area contributed by atoms with Crippen molar-refractivity contribution < 1.29 is 9.53 Å². The third kappa shape index (κ3) is 3.84. The Hall–Kier alpha value is -1.81. The van der Waals surface area contributed by atoms with Crippen LogP contribution in [-0.4, -0.2) is 22.4 Å². The maximum Gasteiger partial charge on any atom is 0.305 e. The first-order valence-corrected chi connectivity index (χ1v) is 7.04. The summed E-state index contributed by atoms with van der Waals surface area (Å²) in [5.41, 5.74) is 1.88. The summed E-state index contributed by atoms with van der Waals surface area (Å²) in [6.45, 7) is 2.19. The molecule has 0 fully saturated rings. The third-order valence-corrected chi connectivity index (χ3v) is 3.36. The molecule has 1 unspecified atom stereocenters. The van der Waals surface area contributed by atoms with Gasteiger partial charge in [-0.2, -0.15) is 5.10 Å². The molecule has 1 aromatic heterocycles. The second-order valence-corrected chi connectivity index (χ2v) is 4.89. The van der Waals surface area contributed by atoms with Gasteiger partial charge < -0.3 is 4.74 Å². The highest BCUT2D eigenvalue weighted by atomic mass is 35.5. The minimum absolute atomic E-state index is 0.214. The SMILES string of the molecule is CCOC(=O)CCC(Cl)c1cnn(-c2ccccc2)c1. The summed E-state index contributed by atoms with van der Waals surface area (Å²) in [5.74, 6) is -0.214. The molecule has 0 aliphatic rings. The van der Waals surface area contributed by atoms with Gasteiger partial charge in [0.25, 0.3) is 0 Å². The highest BCUT2D eigenvalue weighted by Crippen LogP contribution is 2.26. The van der Waals surface area contributed by atoms with Gasteiger partial charge in [-0.15, -0.1) is 11.6 Å². The molecule has 0 aliphatic carbocycles. The fourth-order valence-electron chi connectivity index (χ4n) is 1.86. The average Bonchev–Trinajstić information content (AvgIpc) is 2.96. The number of hydrogen-bond acceptors (Lipinski definition) is 3. The van der Waals surface area contributed by atoms with E-state index in [0.29, 0.717) is 19.4 Å². The quantitative estimate of drug-likeness (QED) is 0.604. The van der Waals surface area contributed by atoms with Gasteiger partial charge >= 0.3 is 5.97 Å². The van der Waals surface area contributed by atoms with Crippen LogP contribution in [0.25, 0.3) is 5.69 Å². The van der Waals surface area contributed by atoms with E-state index < -0.39 is 0 Å². The van der Waals surface area contributed by atoms with Crippen molar-refractivity contribution in [1.29, 1.82) is 0 Å². The molecule has 2 rings (SSSR count). The molecule has 0 radical (unpaired) electrons. The minimum Gasteiger partial charge on any atom is -0.466 e. The summed E-state index contributed by atoms with van der Waals surface area (Å²) in [4.78, 5) is 11.3. The summed E-state index contributed by atoms with van der Waals surface area (Å²) in [6, 6.07) is 9.81. The number of carbonyl (C=O) groups is 1. The van der Waals surface area contributed by atoms with Crippen LogP contribution < -0.4 is 0 Å². The molecular formula is C15H17ClN2O2. The van der Waals surface area contributed by atoms with Gasteiger partial charge in [0.15, 0.2) is 0 Å². The fourth-order valence-corrected chi connectivity index (χ4v) is 2.09. The molecule has 4 nitrogen and oxygen atoms in total. The lowest BCUT2D eigenvalue weighted by atomic mass is 10.1. The van der Waals surface area contributed by atoms with Crippen molar-refractivity contribution in [3.05, 3.63) is 48.3 Å². The normalized spacial score (nSPS) is 12.1. The Morgan fingerprint density at radius 1 is 1.40 bits per heavy atom. The van der Waals surface area contributed by atoms with E-state index in [0.717, 1.165) is 11.3 Å². The third-order valence-electron chi connectivity index (χ3n) is 2.89. The van der Waals surface area contributed by atoms with Crippen LogP contribution in [0.1, 0.15) is 30.7 Å². The van der Waals surface area contributed by atoms with E-state index in [-0.39, 0.29) is 11.3 Å². The Balaban J connectivity index is 1.96. The number of halogens is 1. The van der Waals surface area contributed by atoms with Gasteiger partial charge in [0, 0.05) is 18.2 Å². The van der Waals surface area contributed by atoms with Crippen molar-refractivity contribution in [2.24, 2.45) is 0 Å². The van der Waals surface area contributed by atoms with Gasteiger partial charge in [0.2, 0.25) is 0 Å². The zero-order valence-electron chi connectivity index (χ0n) is 11.3. The molecule has 2 aromatic rings. The summed E-state index contributed by atoms with van der Waals surface area (Å²) >= 11 is 6.29. The molecular weight excluding hydrogens is 276 g/mol. The molecule has 106 valence electrons. The number of ether oxygens (including phenoxy) is 1. The van der Waals surface area contributed by atoms with E-state index in [1.165, 1.54) is 0 Å². The summed E-state index contributed by atoms with van der Waals surface area (Å²) in [7, 11) is 0. The van der Waals surface area contributed by atoms with Crippen LogP contribution in [-0.2, 0) is 9.53 Å². The zero-order valence-corrected chi connectivity index (χ0v) is 12.1. The van der Waals surface area contributed by atoms with E-state index in [2.05, 4.69) is 5.10 Å². The highest BCUT2D eigenvalue weighted by Gasteiger charge is 2.13. The van der Waals surface area contributed by atoms with Crippen LogP contribution in [0.2, 0.25) is 0 Å². The summed E-state index contributed by atoms with van der Waals surface area (Å²) < 4.78 is 6.66. The van der Waals surface area contributed by atoms with Gasteiger partial charge in [-0.3, -0.25) is 4.79 Å². The number of carbonyl (C=O) groups excluding carboxylic acids is 1. The average molecular weight is 293 g/mol. The number of esters is 1. The van der Waals surface area contributed by atoms with Crippen molar-refractivity contribution in [3.8, 4) is 5.69 Å². The minimum atomic E-state index is -0.239. The largest absolute Gasteiger partial charge is 0.466 e. The topological polar surface area (TPSA) is 44.1 Å².